The number of furan rings is 1. The number of hydrogen-bond donors (Lipinski definition) is 1. The van der Waals surface area contributed by atoms with E-state index in [-0.39, 0.29) is 23.1 Å². The van der Waals surface area contributed by atoms with Gasteiger partial charge in [0.15, 0.2) is 0 Å². The molecule has 2 saturated heterocycles. The van der Waals surface area contributed by atoms with Gasteiger partial charge in [-0.2, -0.15) is 4.31 Å². The maximum atomic E-state index is 12.9. The zero-order valence-corrected chi connectivity index (χ0v) is 18.1. The lowest BCUT2D eigenvalue weighted by molar-refractivity contribution is -0.128. The number of nitrogens with zero attached hydrogens (tertiary/aromatic N) is 2. The molecular formula is C22H27N3O5S. The fourth-order valence-electron chi connectivity index (χ4n) is 4.08. The summed E-state index contributed by atoms with van der Waals surface area (Å²) in [6.07, 6.45) is 5.57. The number of carbonyl (C=O) groups is 2. The van der Waals surface area contributed by atoms with Gasteiger partial charge in [0.05, 0.1) is 23.6 Å². The average Bonchev–Trinajstić information content (AvgIpc) is 3.29. The van der Waals surface area contributed by atoms with Crippen molar-refractivity contribution in [1.82, 2.24) is 9.21 Å². The molecule has 166 valence electrons. The zero-order valence-electron chi connectivity index (χ0n) is 17.3. The van der Waals surface area contributed by atoms with E-state index >= 15 is 0 Å². The summed E-state index contributed by atoms with van der Waals surface area (Å²) in [5, 5.41) is 2.80. The fraction of sp³-hybridized carbons (Fsp3) is 0.455. The average molecular weight is 446 g/mol. The number of amides is 2. The lowest BCUT2D eigenvalue weighted by Crippen LogP contribution is -2.32. The minimum Gasteiger partial charge on any atom is -0.467 e. The Hall–Kier alpha value is -2.65. The van der Waals surface area contributed by atoms with E-state index in [0.717, 1.165) is 25.7 Å². The summed E-state index contributed by atoms with van der Waals surface area (Å²) < 4.78 is 32.6. The van der Waals surface area contributed by atoms with Crippen LogP contribution in [0.4, 0.5) is 5.69 Å². The second kappa shape index (κ2) is 9.23. The zero-order chi connectivity index (χ0) is 21.8. The standard InChI is InChI=1S/C22H27N3O5S/c26-21-14-17(15-24(21)16-19-6-5-13-30-19)22(27)23-18-7-9-20(10-8-18)31(28,29)25-11-3-1-2-4-12-25/h5-10,13,17H,1-4,11-12,14-16H2,(H,23,27). The molecule has 31 heavy (non-hydrogen) atoms. The SMILES string of the molecule is O=C(Nc1ccc(S(=O)(=O)N2CCCCCC2)cc1)C1CC(=O)N(Cc2ccco2)C1. The molecule has 4 rings (SSSR count). The minimum absolute atomic E-state index is 0.0876. The molecule has 0 bridgehead atoms. The fourth-order valence-corrected chi connectivity index (χ4v) is 5.59. The molecule has 1 N–H and O–H groups in total. The van der Waals surface area contributed by atoms with Gasteiger partial charge in [0.25, 0.3) is 0 Å². The molecule has 1 atom stereocenters. The lowest BCUT2D eigenvalue weighted by Gasteiger charge is -2.20. The summed E-state index contributed by atoms with van der Waals surface area (Å²) in [6.45, 7) is 1.77. The molecule has 9 heteroatoms. The van der Waals surface area contributed by atoms with Gasteiger partial charge in [-0.25, -0.2) is 8.42 Å². The Kier molecular flexibility index (Phi) is 6.43. The monoisotopic (exact) mass is 445 g/mol. The van der Waals surface area contributed by atoms with Crippen molar-refractivity contribution in [2.75, 3.05) is 25.0 Å². The summed E-state index contributed by atoms with van der Waals surface area (Å²) in [5.74, 6) is -0.118. The highest BCUT2D eigenvalue weighted by Gasteiger charge is 2.34. The second-order valence-corrected chi connectivity index (χ2v) is 10.0. The highest BCUT2D eigenvalue weighted by molar-refractivity contribution is 7.89. The Labute approximate surface area is 182 Å². The normalized spacial score (nSPS) is 20.6. The molecule has 1 aromatic carbocycles. The van der Waals surface area contributed by atoms with Crippen molar-refractivity contribution >= 4 is 27.5 Å². The van der Waals surface area contributed by atoms with Crippen LogP contribution in [0.2, 0.25) is 0 Å². The number of nitrogens with one attached hydrogen (secondary N) is 1. The Morgan fingerprint density at radius 2 is 1.77 bits per heavy atom. The quantitative estimate of drug-likeness (QED) is 0.737. The van der Waals surface area contributed by atoms with E-state index in [0.29, 0.717) is 37.6 Å². The number of likely N-dealkylation sites (tertiary alicyclic amines) is 1. The number of anilines is 1. The smallest absolute Gasteiger partial charge is 0.243 e. The van der Waals surface area contributed by atoms with Crippen molar-refractivity contribution in [2.24, 2.45) is 5.92 Å². The largest absolute Gasteiger partial charge is 0.467 e. The van der Waals surface area contributed by atoms with Crippen LogP contribution in [0.15, 0.2) is 52.0 Å². The number of sulfonamides is 1. The van der Waals surface area contributed by atoms with Gasteiger partial charge in [-0.3, -0.25) is 9.59 Å². The minimum atomic E-state index is -3.53. The predicted molar refractivity (Wildman–Crippen MR) is 115 cm³/mol. The third kappa shape index (κ3) is 4.99. The first-order chi connectivity index (χ1) is 14.9. The van der Waals surface area contributed by atoms with Gasteiger partial charge in [-0.15, -0.1) is 0 Å². The van der Waals surface area contributed by atoms with Gasteiger partial charge in [0, 0.05) is 31.7 Å². The molecule has 3 heterocycles. The highest BCUT2D eigenvalue weighted by atomic mass is 32.2. The Morgan fingerprint density at radius 1 is 1.06 bits per heavy atom. The maximum absolute atomic E-state index is 12.9. The summed E-state index contributed by atoms with van der Waals surface area (Å²) in [5.41, 5.74) is 0.511. The third-order valence-corrected chi connectivity index (χ3v) is 7.75. The number of benzene rings is 1. The van der Waals surface area contributed by atoms with Gasteiger partial charge < -0.3 is 14.6 Å². The maximum Gasteiger partial charge on any atom is 0.243 e. The van der Waals surface area contributed by atoms with Crippen LogP contribution in [0.1, 0.15) is 37.9 Å². The van der Waals surface area contributed by atoms with Crippen LogP contribution in [-0.2, 0) is 26.2 Å². The Balaban J connectivity index is 1.36. The number of rotatable bonds is 6. The van der Waals surface area contributed by atoms with Gasteiger partial charge in [-0.05, 0) is 49.2 Å². The van der Waals surface area contributed by atoms with Crippen molar-refractivity contribution in [3.63, 3.8) is 0 Å². The first kappa shape index (κ1) is 21.6. The van der Waals surface area contributed by atoms with E-state index in [9.17, 15) is 18.0 Å². The van der Waals surface area contributed by atoms with Crippen molar-refractivity contribution < 1.29 is 22.4 Å². The molecule has 2 aliphatic heterocycles. The van der Waals surface area contributed by atoms with Crippen LogP contribution in [-0.4, -0.2) is 49.1 Å². The van der Waals surface area contributed by atoms with Crippen molar-refractivity contribution in [3.05, 3.63) is 48.4 Å². The molecule has 0 aliphatic carbocycles. The molecule has 2 aliphatic rings. The molecule has 2 fully saturated rings. The molecule has 0 saturated carbocycles. The topological polar surface area (TPSA) is 99.9 Å². The molecule has 1 aromatic heterocycles. The van der Waals surface area contributed by atoms with E-state index in [1.54, 1.807) is 39.7 Å². The van der Waals surface area contributed by atoms with Gasteiger partial charge in [0.1, 0.15) is 5.76 Å². The van der Waals surface area contributed by atoms with Crippen LogP contribution in [0.25, 0.3) is 0 Å². The van der Waals surface area contributed by atoms with E-state index < -0.39 is 15.9 Å². The van der Waals surface area contributed by atoms with Crippen molar-refractivity contribution in [1.29, 1.82) is 0 Å². The molecule has 2 aromatic rings. The van der Waals surface area contributed by atoms with E-state index in [2.05, 4.69) is 5.32 Å². The van der Waals surface area contributed by atoms with Crippen LogP contribution in [0.3, 0.4) is 0 Å². The highest BCUT2D eigenvalue weighted by Crippen LogP contribution is 2.24. The predicted octanol–water partition coefficient (Wildman–Crippen LogP) is 2.83. The van der Waals surface area contributed by atoms with E-state index in [1.165, 1.54) is 12.1 Å². The van der Waals surface area contributed by atoms with Crippen LogP contribution >= 0.6 is 0 Å². The first-order valence-corrected chi connectivity index (χ1v) is 12.1. The summed E-state index contributed by atoms with van der Waals surface area (Å²) >= 11 is 0. The van der Waals surface area contributed by atoms with E-state index in [1.807, 2.05) is 0 Å². The Bertz CT molecular complexity index is 1010. The first-order valence-electron chi connectivity index (χ1n) is 10.6. The number of hydrogen-bond acceptors (Lipinski definition) is 5. The molecule has 0 spiro atoms. The molecule has 0 radical (unpaired) electrons. The van der Waals surface area contributed by atoms with Gasteiger partial charge >= 0.3 is 0 Å². The molecule has 8 nitrogen and oxygen atoms in total. The summed E-state index contributed by atoms with van der Waals surface area (Å²) in [7, 11) is -3.53. The summed E-state index contributed by atoms with van der Waals surface area (Å²) in [4.78, 5) is 26.7. The lowest BCUT2D eigenvalue weighted by atomic mass is 10.1. The Morgan fingerprint density at radius 3 is 2.42 bits per heavy atom. The third-order valence-electron chi connectivity index (χ3n) is 5.84. The second-order valence-electron chi connectivity index (χ2n) is 8.09. The molecular weight excluding hydrogens is 418 g/mol. The van der Waals surface area contributed by atoms with Crippen LogP contribution < -0.4 is 5.32 Å². The molecule has 2 amide bonds. The van der Waals surface area contributed by atoms with Crippen molar-refractivity contribution in [2.45, 2.75) is 43.5 Å². The van der Waals surface area contributed by atoms with Gasteiger partial charge in [-0.1, -0.05) is 12.8 Å². The summed E-state index contributed by atoms with van der Waals surface area (Å²) in [6, 6.07) is 9.80. The van der Waals surface area contributed by atoms with Crippen LogP contribution in [0, 0.1) is 5.92 Å². The van der Waals surface area contributed by atoms with Crippen molar-refractivity contribution in [3.8, 4) is 0 Å². The molecule has 1 unspecified atom stereocenters. The van der Waals surface area contributed by atoms with E-state index in [4.69, 9.17) is 4.42 Å². The number of carbonyl (C=O) groups excluding carboxylic acids is 2. The van der Waals surface area contributed by atoms with Crippen LogP contribution in [0.5, 0.6) is 0 Å². The van der Waals surface area contributed by atoms with Gasteiger partial charge in [0.2, 0.25) is 21.8 Å².